The Balaban J connectivity index is 2.30. The standard InChI is InChI=1S/C12H16FN3O/c1-8(2)11-7-16-10(4-5-14-16)6-15(11)12(17)9(3)13/h4-5,8,11H,3,6-7H2,1-2H3/t11-/m0/s1. The maximum absolute atomic E-state index is 13.0. The number of hydrogen-bond acceptors (Lipinski definition) is 2. The van der Waals surface area contributed by atoms with Crippen LogP contribution < -0.4 is 0 Å². The van der Waals surface area contributed by atoms with E-state index in [0.717, 1.165) is 5.69 Å². The highest BCUT2D eigenvalue weighted by Gasteiger charge is 2.33. The summed E-state index contributed by atoms with van der Waals surface area (Å²) in [6.07, 6.45) is 1.70. The van der Waals surface area contributed by atoms with Crippen LogP contribution in [0.1, 0.15) is 19.5 Å². The van der Waals surface area contributed by atoms with E-state index in [1.807, 2.05) is 24.6 Å². The Hall–Kier alpha value is -1.65. The predicted octanol–water partition coefficient (Wildman–Crippen LogP) is 1.73. The van der Waals surface area contributed by atoms with Crippen molar-refractivity contribution in [3.8, 4) is 0 Å². The third kappa shape index (κ3) is 2.09. The lowest BCUT2D eigenvalue weighted by Crippen LogP contribution is -2.49. The van der Waals surface area contributed by atoms with Gasteiger partial charge >= 0.3 is 0 Å². The van der Waals surface area contributed by atoms with E-state index in [1.54, 1.807) is 11.1 Å². The number of fused-ring (bicyclic) bond motifs is 1. The molecule has 92 valence electrons. The maximum atomic E-state index is 13.0. The molecule has 1 atom stereocenters. The summed E-state index contributed by atoms with van der Waals surface area (Å²) >= 11 is 0. The van der Waals surface area contributed by atoms with Gasteiger partial charge in [0.15, 0.2) is 5.83 Å². The monoisotopic (exact) mass is 237 g/mol. The average Bonchev–Trinajstić information content (AvgIpc) is 2.72. The van der Waals surface area contributed by atoms with Crippen molar-refractivity contribution in [1.82, 2.24) is 14.7 Å². The minimum Gasteiger partial charge on any atom is -0.326 e. The summed E-state index contributed by atoms with van der Waals surface area (Å²) in [6, 6.07) is 1.81. The molecule has 0 bridgehead atoms. The van der Waals surface area contributed by atoms with Crippen molar-refractivity contribution >= 4 is 5.91 Å². The minimum absolute atomic E-state index is 0.0394. The number of aromatic nitrogens is 2. The van der Waals surface area contributed by atoms with Crippen LogP contribution in [0, 0.1) is 5.92 Å². The van der Waals surface area contributed by atoms with Crippen LogP contribution in [0.3, 0.4) is 0 Å². The van der Waals surface area contributed by atoms with Crippen molar-refractivity contribution in [3.05, 3.63) is 30.4 Å². The summed E-state index contributed by atoms with van der Waals surface area (Å²) in [6.45, 7) is 8.12. The average molecular weight is 237 g/mol. The fourth-order valence-electron chi connectivity index (χ4n) is 2.18. The normalized spacial score (nSPS) is 19.3. The van der Waals surface area contributed by atoms with Gasteiger partial charge in [-0.1, -0.05) is 20.4 Å². The number of carbonyl (C=O) groups excluding carboxylic acids is 1. The molecule has 1 aliphatic rings. The Labute approximate surface area is 99.7 Å². The van der Waals surface area contributed by atoms with Gasteiger partial charge in [-0.2, -0.15) is 5.10 Å². The summed E-state index contributed by atoms with van der Waals surface area (Å²) < 4.78 is 14.9. The molecule has 0 N–H and O–H groups in total. The first-order valence-corrected chi connectivity index (χ1v) is 5.66. The van der Waals surface area contributed by atoms with Gasteiger partial charge < -0.3 is 4.90 Å². The van der Waals surface area contributed by atoms with Crippen LogP contribution in [0.15, 0.2) is 24.7 Å². The van der Waals surface area contributed by atoms with Gasteiger partial charge in [0.25, 0.3) is 5.91 Å². The van der Waals surface area contributed by atoms with E-state index >= 15 is 0 Å². The van der Waals surface area contributed by atoms with Crippen LogP contribution in [-0.4, -0.2) is 26.6 Å². The molecule has 0 aliphatic carbocycles. The van der Waals surface area contributed by atoms with Crippen LogP contribution in [0.4, 0.5) is 4.39 Å². The molecule has 0 aromatic carbocycles. The topological polar surface area (TPSA) is 38.1 Å². The molecular weight excluding hydrogens is 221 g/mol. The fourth-order valence-corrected chi connectivity index (χ4v) is 2.18. The third-order valence-electron chi connectivity index (χ3n) is 3.16. The Kier molecular flexibility index (Phi) is 3.00. The van der Waals surface area contributed by atoms with Crippen LogP contribution >= 0.6 is 0 Å². The molecule has 0 saturated carbocycles. The molecule has 2 rings (SSSR count). The van der Waals surface area contributed by atoms with Gasteiger partial charge in [-0.15, -0.1) is 0 Å². The molecule has 2 heterocycles. The molecule has 0 saturated heterocycles. The predicted molar refractivity (Wildman–Crippen MR) is 61.7 cm³/mol. The van der Waals surface area contributed by atoms with Crippen molar-refractivity contribution < 1.29 is 9.18 Å². The first kappa shape index (κ1) is 11.8. The molecule has 1 aromatic heterocycles. The third-order valence-corrected chi connectivity index (χ3v) is 3.16. The smallest absolute Gasteiger partial charge is 0.282 e. The zero-order valence-electron chi connectivity index (χ0n) is 10.1. The van der Waals surface area contributed by atoms with Crippen LogP contribution in [0.2, 0.25) is 0 Å². The van der Waals surface area contributed by atoms with E-state index in [2.05, 4.69) is 11.7 Å². The fraction of sp³-hybridized carbons (Fsp3) is 0.500. The summed E-state index contributed by atoms with van der Waals surface area (Å²) in [5, 5.41) is 4.19. The Morgan fingerprint density at radius 2 is 2.35 bits per heavy atom. The molecule has 1 aromatic rings. The molecule has 1 aliphatic heterocycles. The van der Waals surface area contributed by atoms with E-state index in [9.17, 15) is 9.18 Å². The van der Waals surface area contributed by atoms with Crippen molar-refractivity contribution in [2.45, 2.75) is 33.0 Å². The van der Waals surface area contributed by atoms with Crippen molar-refractivity contribution in [2.75, 3.05) is 0 Å². The number of amides is 1. The van der Waals surface area contributed by atoms with Gasteiger partial charge in [-0.3, -0.25) is 9.48 Å². The zero-order valence-corrected chi connectivity index (χ0v) is 10.1. The second-order valence-electron chi connectivity index (χ2n) is 4.65. The van der Waals surface area contributed by atoms with Crippen molar-refractivity contribution in [3.63, 3.8) is 0 Å². The lowest BCUT2D eigenvalue weighted by Gasteiger charge is -2.38. The van der Waals surface area contributed by atoms with Crippen molar-refractivity contribution in [2.24, 2.45) is 5.92 Å². The van der Waals surface area contributed by atoms with Gasteiger partial charge in [0, 0.05) is 6.20 Å². The summed E-state index contributed by atoms with van der Waals surface area (Å²) in [5.41, 5.74) is 0.927. The van der Waals surface area contributed by atoms with Crippen LogP contribution in [0.25, 0.3) is 0 Å². The Morgan fingerprint density at radius 3 is 2.94 bits per heavy atom. The lowest BCUT2D eigenvalue weighted by molar-refractivity contribution is -0.134. The van der Waals surface area contributed by atoms with Crippen LogP contribution in [-0.2, 0) is 17.9 Å². The van der Waals surface area contributed by atoms with Crippen LogP contribution in [0.5, 0.6) is 0 Å². The first-order chi connectivity index (χ1) is 8.00. The highest BCUT2D eigenvalue weighted by molar-refractivity contribution is 5.90. The van der Waals surface area contributed by atoms with Gasteiger partial charge in [-0.25, -0.2) is 4.39 Å². The number of carbonyl (C=O) groups is 1. The largest absolute Gasteiger partial charge is 0.326 e. The highest BCUT2D eigenvalue weighted by Crippen LogP contribution is 2.23. The summed E-state index contributed by atoms with van der Waals surface area (Å²) in [4.78, 5) is 13.3. The first-order valence-electron chi connectivity index (χ1n) is 5.66. The molecule has 4 nitrogen and oxygen atoms in total. The van der Waals surface area contributed by atoms with E-state index in [1.165, 1.54) is 0 Å². The maximum Gasteiger partial charge on any atom is 0.282 e. The van der Waals surface area contributed by atoms with E-state index < -0.39 is 11.7 Å². The molecule has 1 amide bonds. The second-order valence-corrected chi connectivity index (χ2v) is 4.65. The molecular formula is C12H16FN3O. The van der Waals surface area contributed by atoms with Crippen molar-refractivity contribution in [1.29, 1.82) is 0 Å². The SMILES string of the molecule is C=C(F)C(=O)N1Cc2ccnn2C[C@H]1C(C)C. The van der Waals surface area contributed by atoms with Gasteiger partial charge in [0.05, 0.1) is 24.8 Å². The zero-order chi connectivity index (χ0) is 12.6. The molecule has 0 fully saturated rings. The number of rotatable bonds is 2. The number of hydrogen-bond donors (Lipinski definition) is 0. The number of halogens is 1. The second kappa shape index (κ2) is 4.31. The molecule has 0 radical (unpaired) electrons. The minimum atomic E-state index is -0.899. The van der Waals surface area contributed by atoms with E-state index in [4.69, 9.17) is 0 Å². The quantitative estimate of drug-likeness (QED) is 0.735. The van der Waals surface area contributed by atoms with E-state index in [-0.39, 0.29) is 12.0 Å². The lowest BCUT2D eigenvalue weighted by atomic mass is 10.00. The van der Waals surface area contributed by atoms with E-state index in [0.29, 0.717) is 13.1 Å². The molecule has 0 unspecified atom stereocenters. The molecule has 0 spiro atoms. The number of nitrogens with zero attached hydrogens (tertiary/aromatic N) is 3. The van der Waals surface area contributed by atoms with Gasteiger partial charge in [0.1, 0.15) is 0 Å². The molecule has 5 heteroatoms. The van der Waals surface area contributed by atoms with Gasteiger partial charge in [-0.05, 0) is 12.0 Å². The Morgan fingerprint density at radius 1 is 1.65 bits per heavy atom. The highest BCUT2D eigenvalue weighted by atomic mass is 19.1. The molecule has 17 heavy (non-hydrogen) atoms. The van der Waals surface area contributed by atoms with Gasteiger partial charge in [0.2, 0.25) is 0 Å². The summed E-state index contributed by atoms with van der Waals surface area (Å²) in [5.74, 6) is -1.27. The summed E-state index contributed by atoms with van der Waals surface area (Å²) in [7, 11) is 0. The Bertz CT molecular complexity index is 452.